The van der Waals surface area contributed by atoms with E-state index in [4.69, 9.17) is 23.8 Å². The second kappa shape index (κ2) is 20.4. The molecule has 2 aromatic rings. The number of fused-ring (bicyclic) bond motifs is 14. The second-order valence-electron chi connectivity index (χ2n) is 16.1. The summed E-state index contributed by atoms with van der Waals surface area (Å²) in [6, 6.07) is 0. The van der Waals surface area contributed by atoms with Crippen molar-refractivity contribution in [3.05, 3.63) is 52.8 Å². The molecule has 15 heteroatoms. The second-order valence-corrected chi connectivity index (χ2v) is 16.1. The number of nitrogens with zero attached hydrogens (tertiary/aromatic N) is 1. The van der Waals surface area contributed by atoms with Crippen LogP contribution in [-0.2, 0) is 28.6 Å². The van der Waals surface area contributed by atoms with Gasteiger partial charge in [0.2, 0.25) is 0 Å². The molecule has 1 amide bonds. The predicted molar refractivity (Wildman–Crippen MR) is 226 cm³/mol. The highest BCUT2D eigenvalue weighted by molar-refractivity contribution is 6.23. The minimum absolute atomic E-state index is 0.0411. The standard InChI is InChI=1S/C45H62N2O13/c1-11-12-13-14-15-20-58-46-22-30-35-40(53)33-32(39(30)52)34-42(28(7)38(33)51)60-45(9,43(34)54)57-21-19-31(56-10)25(4)41(59-29(8)48)27(6)37(50)26(5)36(49)23(2)17-16-18-24(3)44(55)47-35/h16-19,21-23,25-27,31,36-37,41,49-53H,11-15,20H2,1-10H3,(H,47,55)/b17-16+,21-19+,24-18-,46-22+/t23-,25+,26+,27+,31-,36-,37+,41+,45-/m0/s1. The first-order valence-electron chi connectivity index (χ1n) is 20.6. The van der Waals surface area contributed by atoms with E-state index in [0.29, 0.717) is 0 Å². The van der Waals surface area contributed by atoms with Gasteiger partial charge in [-0.25, -0.2) is 0 Å². The number of esters is 1. The molecule has 0 fully saturated rings. The lowest BCUT2D eigenvalue weighted by molar-refractivity contribution is -0.160. The van der Waals surface area contributed by atoms with Crippen LogP contribution in [0.25, 0.3) is 10.8 Å². The number of phenolic OH excluding ortho intramolecular Hbond substituents is 3. The van der Waals surface area contributed by atoms with Crippen LogP contribution in [0.15, 0.2) is 41.3 Å². The summed E-state index contributed by atoms with van der Waals surface area (Å²) in [5.41, 5.74) is -0.549. The van der Waals surface area contributed by atoms with Crippen molar-refractivity contribution >= 4 is 40.3 Å². The van der Waals surface area contributed by atoms with Crippen LogP contribution in [0.1, 0.15) is 109 Å². The fourth-order valence-electron chi connectivity index (χ4n) is 7.79. The zero-order valence-electron chi connectivity index (χ0n) is 36.3. The number of amides is 1. The summed E-state index contributed by atoms with van der Waals surface area (Å²) < 4.78 is 23.5. The van der Waals surface area contributed by atoms with E-state index in [1.807, 2.05) is 0 Å². The summed E-state index contributed by atoms with van der Waals surface area (Å²) in [6.45, 7) is 14.8. The third kappa shape index (κ3) is 10.1. The number of ketones is 1. The summed E-state index contributed by atoms with van der Waals surface area (Å²) in [7, 11) is 1.43. The number of Topliss-reactive ketones (excluding diaryl/α,β-unsaturated/α-hetero) is 1. The zero-order chi connectivity index (χ0) is 44.6. The molecule has 330 valence electrons. The average molecular weight is 839 g/mol. The van der Waals surface area contributed by atoms with Crippen molar-refractivity contribution in [2.24, 2.45) is 28.8 Å². The molecule has 60 heavy (non-hydrogen) atoms. The number of nitrogens with one attached hydrogen (secondary N) is 1. The zero-order valence-corrected chi connectivity index (χ0v) is 36.3. The topological polar surface area (TPSA) is 223 Å². The van der Waals surface area contributed by atoms with E-state index in [1.165, 1.54) is 53.2 Å². The van der Waals surface area contributed by atoms with Gasteiger partial charge in [0, 0.05) is 61.2 Å². The number of hydrogen-bond donors (Lipinski definition) is 6. The maximum atomic E-state index is 14.4. The minimum Gasteiger partial charge on any atom is -0.507 e. The van der Waals surface area contributed by atoms with Gasteiger partial charge in [-0.15, -0.1) is 0 Å². The number of aliphatic hydroxyl groups excluding tert-OH is 2. The van der Waals surface area contributed by atoms with Crippen LogP contribution < -0.4 is 10.1 Å². The van der Waals surface area contributed by atoms with Crippen LogP contribution in [0.2, 0.25) is 0 Å². The molecule has 0 radical (unpaired) electrons. The lowest BCUT2D eigenvalue weighted by atomic mass is 9.78. The molecule has 9 atom stereocenters. The van der Waals surface area contributed by atoms with Crippen molar-refractivity contribution in [3.8, 4) is 23.0 Å². The molecule has 2 aromatic carbocycles. The van der Waals surface area contributed by atoms with Gasteiger partial charge in [-0.1, -0.05) is 77.3 Å². The Hall–Kier alpha value is -5.12. The van der Waals surface area contributed by atoms with E-state index in [9.17, 15) is 39.9 Å². The van der Waals surface area contributed by atoms with Crippen molar-refractivity contribution in [2.75, 3.05) is 19.0 Å². The Morgan fingerprint density at radius 2 is 1.62 bits per heavy atom. The van der Waals surface area contributed by atoms with Gasteiger partial charge in [0.1, 0.15) is 30.0 Å². The van der Waals surface area contributed by atoms with Crippen molar-refractivity contribution in [2.45, 2.75) is 125 Å². The number of allylic oxidation sites excluding steroid dienone is 2. The highest BCUT2D eigenvalue weighted by atomic mass is 16.7. The number of methoxy groups -OCH3 is 1. The summed E-state index contributed by atoms with van der Waals surface area (Å²) in [5, 5.41) is 64.2. The maximum absolute atomic E-state index is 14.4. The lowest BCUT2D eigenvalue weighted by Crippen LogP contribution is -2.46. The highest BCUT2D eigenvalue weighted by Gasteiger charge is 2.50. The third-order valence-corrected chi connectivity index (χ3v) is 11.6. The number of rotatable bonds is 10. The first kappa shape index (κ1) is 47.6. The summed E-state index contributed by atoms with van der Waals surface area (Å²) >= 11 is 0. The first-order valence-corrected chi connectivity index (χ1v) is 20.6. The summed E-state index contributed by atoms with van der Waals surface area (Å²) in [5.74, 6) is -8.55. The highest BCUT2D eigenvalue weighted by Crippen LogP contribution is 2.55. The normalized spacial score (nSPS) is 29.8. The van der Waals surface area contributed by atoms with Gasteiger partial charge in [-0.3, -0.25) is 14.4 Å². The van der Waals surface area contributed by atoms with E-state index in [0.717, 1.165) is 38.3 Å². The van der Waals surface area contributed by atoms with Crippen LogP contribution in [0, 0.1) is 30.6 Å². The number of benzene rings is 2. The molecule has 0 aromatic heterocycles. The Morgan fingerprint density at radius 3 is 2.27 bits per heavy atom. The first-order chi connectivity index (χ1) is 28.3. The number of aromatic hydroxyl groups is 3. The molecule has 3 heterocycles. The van der Waals surface area contributed by atoms with Crippen molar-refractivity contribution in [1.82, 2.24) is 0 Å². The van der Waals surface area contributed by atoms with E-state index < -0.39 is 88.8 Å². The van der Waals surface area contributed by atoms with Crippen molar-refractivity contribution in [1.29, 1.82) is 0 Å². The Balaban J connectivity index is 1.92. The largest absolute Gasteiger partial charge is 0.507 e. The Kier molecular flexibility index (Phi) is 16.2. The molecular formula is C45H62N2O13. The van der Waals surface area contributed by atoms with Crippen LogP contribution in [0.5, 0.6) is 23.0 Å². The molecule has 5 rings (SSSR count). The molecule has 0 saturated carbocycles. The molecule has 5 bridgehead atoms. The van der Waals surface area contributed by atoms with E-state index >= 15 is 0 Å². The number of anilines is 1. The Morgan fingerprint density at radius 1 is 0.933 bits per heavy atom. The molecule has 3 aliphatic rings. The van der Waals surface area contributed by atoms with Gasteiger partial charge in [-0.2, -0.15) is 0 Å². The predicted octanol–water partition coefficient (Wildman–Crippen LogP) is 7.08. The minimum atomic E-state index is -2.06. The van der Waals surface area contributed by atoms with Crippen LogP contribution in [0.3, 0.4) is 0 Å². The van der Waals surface area contributed by atoms with E-state index in [-0.39, 0.29) is 51.1 Å². The molecule has 15 nitrogen and oxygen atoms in total. The number of phenols is 3. The van der Waals surface area contributed by atoms with Crippen LogP contribution in [0.4, 0.5) is 5.69 Å². The number of oxime groups is 1. The van der Waals surface area contributed by atoms with Crippen LogP contribution in [-0.4, -0.2) is 93.3 Å². The van der Waals surface area contributed by atoms with Gasteiger partial charge in [0.05, 0.1) is 53.0 Å². The number of carbonyl (C=O) groups excluding carboxylic acids is 3. The Labute approximate surface area is 351 Å². The molecule has 0 aliphatic carbocycles. The van der Waals surface area contributed by atoms with E-state index in [1.54, 1.807) is 39.8 Å². The molecule has 0 saturated heterocycles. The smallest absolute Gasteiger partial charge is 0.312 e. The van der Waals surface area contributed by atoms with Gasteiger partial charge in [0.15, 0.2) is 5.75 Å². The van der Waals surface area contributed by atoms with Crippen molar-refractivity contribution < 1.29 is 63.7 Å². The molecule has 0 spiro atoms. The molecule has 0 unspecified atom stereocenters. The van der Waals surface area contributed by atoms with Gasteiger partial charge in [-0.05, 0) is 32.8 Å². The van der Waals surface area contributed by atoms with Crippen LogP contribution >= 0.6 is 0 Å². The SMILES string of the molecule is CCCCCCCO/N=C/c1c2c(O)c3c(O)c(C)c4c(c3c1O)C(=O)[C@@](C)(O/C=C/[C@H](OC)[C@@H](C)[C@@H](OC(C)=O)[C@H](C)[C@H](O)[C@H](C)[C@@H](O)[C@@H](C)/C=C/C=C(/C)C(=O)N2)O4. The number of ether oxygens (including phenoxy) is 4. The number of carbonyl (C=O) groups is 3. The fourth-order valence-corrected chi connectivity index (χ4v) is 7.79. The third-order valence-electron chi connectivity index (χ3n) is 11.6. The average Bonchev–Trinajstić information content (AvgIpc) is 3.47. The number of unbranched alkanes of at least 4 members (excludes halogenated alkanes) is 4. The number of aliphatic hydroxyl groups is 2. The monoisotopic (exact) mass is 838 g/mol. The maximum Gasteiger partial charge on any atom is 0.312 e. The summed E-state index contributed by atoms with van der Waals surface area (Å²) in [4.78, 5) is 45.9. The summed E-state index contributed by atoms with van der Waals surface area (Å²) in [6.07, 6.45) is 9.45. The fraction of sp³-hybridized carbons (Fsp3) is 0.556. The Bertz CT molecular complexity index is 2020. The molecule has 3 aliphatic heterocycles. The van der Waals surface area contributed by atoms with E-state index in [2.05, 4.69) is 17.4 Å². The molecule has 6 N–H and O–H groups in total. The van der Waals surface area contributed by atoms with Crippen molar-refractivity contribution in [3.63, 3.8) is 0 Å². The van der Waals surface area contributed by atoms with Gasteiger partial charge < -0.3 is 54.6 Å². The quantitative estimate of drug-likeness (QED) is 0.0352. The lowest BCUT2D eigenvalue weighted by Gasteiger charge is -2.38. The number of hydrogen-bond acceptors (Lipinski definition) is 14. The van der Waals surface area contributed by atoms with Gasteiger partial charge in [0.25, 0.3) is 11.7 Å². The van der Waals surface area contributed by atoms with Gasteiger partial charge >= 0.3 is 11.8 Å². The molecular weight excluding hydrogens is 776 g/mol.